The van der Waals surface area contributed by atoms with Gasteiger partial charge in [-0.25, -0.2) is 0 Å². The largest absolute Gasteiger partial charge is 0.418 e. The molecule has 0 amide bonds. The zero-order valence-corrected chi connectivity index (χ0v) is 14.2. The molecule has 1 N–H and O–H groups in total. The van der Waals surface area contributed by atoms with Crippen LogP contribution in [0, 0.1) is 6.92 Å². The Kier molecular flexibility index (Phi) is 4.19. The molecule has 4 nitrogen and oxygen atoms in total. The number of H-pyrrole nitrogens is 1. The van der Waals surface area contributed by atoms with E-state index in [1.807, 2.05) is 19.1 Å². The fourth-order valence-electron chi connectivity index (χ4n) is 3.54. The lowest BCUT2D eigenvalue weighted by Gasteiger charge is -2.24. The van der Waals surface area contributed by atoms with Crippen molar-refractivity contribution in [1.29, 1.82) is 0 Å². The molecule has 3 aromatic rings. The quantitative estimate of drug-likeness (QED) is 0.683. The van der Waals surface area contributed by atoms with Crippen molar-refractivity contribution < 1.29 is 17.9 Å². The van der Waals surface area contributed by atoms with Crippen molar-refractivity contribution >= 4 is 10.9 Å². The molecule has 1 fully saturated rings. The second-order valence-corrected chi connectivity index (χ2v) is 6.55. The van der Waals surface area contributed by atoms with Gasteiger partial charge >= 0.3 is 6.18 Å². The number of rotatable bonds is 2. The first-order valence-corrected chi connectivity index (χ1v) is 8.58. The Balaban J connectivity index is 1.96. The number of nitrogens with zero attached hydrogens (tertiary/aromatic N) is 2. The van der Waals surface area contributed by atoms with Gasteiger partial charge < -0.3 is 4.74 Å². The first kappa shape index (κ1) is 17.0. The number of halogens is 3. The zero-order chi connectivity index (χ0) is 18.3. The van der Waals surface area contributed by atoms with Gasteiger partial charge in [0.05, 0.1) is 22.9 Å². The predicted octanol–water partition coefficient (Wildman–Crippen LogP) is 5.19. The minimum absolute atomic E-state index is 0.134. The van der Waals surface area contributed by atoms with Crippen LogP contribution in [0.25, 0.3) is 22.3 Å². The molecule has 2 aromatic heterocycles. The van der Waals surface area contributed by atoms with Crippen LogP contribution in [0.15, 0.2) is 30.5 Å². The third-order valence-corrected chi connectivity index (χ3v) is 4.82. The third-order valence-electron chi connectivity index (χ3n) is 4.82. The Bertz CT molecular complexity index is 943. The molecule has 0 aliphatic carbocycles. The molecule has 7 heteroatoms. The van der Waals surface area contributed by atoms with Crippen LogP contribution in [0.2, 0.25) is 0 Å². The summed E-state index contributed by atoms with van der Waals surface area (Å²) < 4.78 is 46.3. The predicted molar refractivity (Wildman–Crippen MR) is 91.6 cm³/mol. The van der Waals surface area contributed by atoms with Gasteiger partial charge in [0, 0.05) is 18.2 Å². The molecule has 136 valence electrons. The average Bonchev–Trinajstić information content (AvgIpc) is 3.08. The van der Waals surface area contributed by atoms with Gasteiger partial charge in [0.1, 0.15) is 5.69 Å². The van der Waals surface area contributed by atoms with Crippen LogP contribution in [0.3, 0.4) is 0 Å². The number of aromatic nitrogens is 3. The summed E-state index contributed by atoms with van der Waals surface area (Å²) in [6.45, 7) is 2.55. The summed E-state index contributed by atoms with van der Waals surface area (Å²) in [5.41, 5.74) is 1.80. The van der Waals surface area contributed by atoms with Crippen LogP contribution < -0.4 is 0 Å². The fraction of sp³-hybridized carbons (Fsp3) is 0.368. The summed E-state index contributed by atoms with van der Waals surface area (Å²) in [5, 5.41) is 7.75. The topological polar surface area (TPSA) is 50.8 Å². The molecular weight excluding hydrogens is 343 g/mol. The highest BCUT2D eigenvalue weighted by atomic mass is 19.4. The van der Waals surface area contributed by atoms with Gasteiger partial charge in [0.2, 0.25) is 0 Å². The van der Waals surface area contributed by atoms with Gasteiger partial charge in [-0.2, -0.15) is 18.3 Å². The van der Waals surface area contributed by atoms with Crippen molar-refractivity contribution in [3.05, 3.63) is 47.2 Å². The highest BCUT2D eigenvalue weighted by Crippen LogP contribution is 2.41. The number of nitrogens with one attached hydrogen (secondary N) is 1. The Morgan fingerprint density at radius 3 is 2.77 bits per heavy atom. The standard InChI is InChI=1S/C19H18F3N3O/c1-11-7-8-12(14-6-2-3-10-26-14)15-16(11)24-25-18(15)17-13(19(20,21)22)5-4-9-23-17/h4-5,7-9,14H,2-3,6,10H2,1H3,(H,24,25). The van der Waals surface area contributed by atoms with Crippen LogP contribution in [-0.4, -0.2) is 21.8 Å². The number of hydrogen-bond donors (Lipinski definition) is 1. The van der Waals surface area contributed by atoms with E-state index in [4.69, 9.17) is 4.74 Å². The molecule has 1 aromatic carbocycles. The zero-order valence-electron chi connectivity index (χ0n) is 14.2. The number of fused-ring (bicyclic) bond motifs is 1. The molecule has 0 bridgehead atoms. The molecule has 1 saturated heterocycles. The van der Waals surface area contributed by atoms with Gasteiger partial charge in [-0.3, -0.25) is 10.1 Å². The van der Waals surface area contributed by atoms with Crippen LogP contribution >= 0.6 is 0 Å². The molecule has 3 heterocycles. The van der Waals surface area contributed by atoms with Crippen LogP contribution in [0.4, 0.5) is 13.2 Å². The van der Waals surface area contributed by atoms with E-state index in [1.54, 1.807) is 0 Å². The van der Waals surface area contributed by atoms with Crippen molar-refractivity contribution in [3.8, 4) is 11.4 Å². The maximum Gasteiger partial charge on any atom is 0.418 e. The highest BCUT2D eigenvalue weighted by molar-refractivity contribution is 5.97. The number of aryl methyl sites for hydroxylation is 1. The van der Waals surface area contributed by atoms with E-state index >= 15 is 0 Å². The second kappa shape index (κ2) is 6.39. The maximum atomic E-state index is 13.5. The smallest absolute Gasteiger partial charge is 0.374 e. The Hall–Kier alpha value is -2.41. The summed E-state index contributed by atoms with van der Waals surface area (Å²) in [6, 6.07) is 6.20. The van der Waals surface area contributed by atoms with Crippen molar-refractivity contribution in [2.24, 2.45) is 0 Å². The van der Waals surface area contributed by atoms with Gasteiger partial charge in [0.15, 0.2) is 0 Å². The molecule has 1 atom stereocenters. The molecule has 1 aliphatic heterocycles. The average molecular weight is 361 g/mol. The SMILES string of the molecule is Cc1ccc(C2CCCCO2)c2c(-c3ncccc3C(F)(F)F)[nH]nc12. The summed E-state index contributed by atoms with van der Waals surface area (Å²) in [5.74, 6) is 0. The lowest BCUT2D eigenvalue weighted by molar-refractivity contribution is -0.137. The molecule has 1 unspecified atom stereocenters. The Morgan fingerprint density at radius 1 is 1.19 bits per heavy atom. The summed E-state index contributed by atoms with van der Waals surface area (Å²) in [7, 11) is 0. The van der Waals surface area contributed by atoms with Crippen molar-refractivity contribution in [3.63, 3.8) is 0 Å². The van der Waals surface area contributed by atoms with Crippen molar-refractivity contribution in [2.45, 2.75) is 38.5 Å². The van der Waals surface area contributed by atoms with Gasteiger partial charge in [-0.15, -0.1) is 0 Å². The summed E-state index contributed by atoms with van der Waals surface area (Å²) in [4.78, 5) is 4.02. The minimum Gasteiger partial charge on any atom is -0.374 e. The number of hydrogen-bond acceptors (Lipinski definition) is 3. The van der Waals surface area contributed by atoms with E-state index in [9.17, 15) is 13.2 Å². The number of pyridine rings is 1. The fourth-order valence-corrected chi connectivity index (χ4v) is 3.54. The van der Waals surface area contributed by atoms with Crippen LogP contribution in [0.5, 0.6) is 0 Å². The molecule has 0 radical (unpaired) electrons. The molecule has 26 heavy (non-hydrogen) atoms. The molecular formula is C19H18F3N3O. The van der Waals surface area contributed by atoms with Crippen molar-refractivity contribution in [2.75, 3.05) is 6.61 Å². The maximum absolute atomic E-state index is 13.5. The molecule has 1 aliphatic rings. The number of ether oxygens (including phenoxy) is 1. The summed E-state index contributed by atoms with van der Waals surface area (Å²) >= 11 is 0. The molecule has 0 spiro atoms. The van der Waals surface area contributed by atoms with E-state index < -0.39 is 11.7 Å². The first-order chi connectivity index (χ1) is 12.5. The molecule has 0 saturated carbocycles. The van der Waals surface area contributed by atoms with E-state index in [0.717, 1.165) is 36.5 Å². The van der Waals surface area contributed by atoms with Gasteiger partial charge in [-0.1, -0.05) is 12.1 Å². The third kappa shape index (κ3) is 2.86. The van der Waals surface area contributed by atoms with E-state index in [0.29, 0.717) is 23.2 Å². The van der Waals surface area contributed by atoms with Crippen molar-refractivity contribution in [1.82, 2.24) is 15.2 Å². The van der Waals surface area contributed by atoms with Crippen LogP contribution in [-0.2, 0) is 10.9 Å². The monoisotopic (exact) mass is 361 g/mol. The number of aromatic amines is 1. The lowest BCUT2D eigenvalue weighted by atomic mass is 9.94. The Labute approximate surface area is 148 Å². The van der Waals surface area contributed by atoms with Gasteiger partial charge in [-0.05, 0) is 49.4 Å². The van der Waals surface area contributed by atoms with Crippen LogP contribution in [0.1, 0.15) is 42.1 Å². The van der Waals surface area contributed by atoms with E-state index in [1.165, 1.54) is 12.3 Å². The normalized spacial score (nSPS) is 18.4. The number of benzene rings is 1. The lowest BCUT2D eigenvalue weighted by Crippen LogP contribution is -2.12. The minimum atomic E-state index is -4.49. The number of alkyl halides is 3. The van der Waals surface area contributed by atoms with E-state index in [-0.39, 0.29) is 11.8 Å². The second-order valence-electron chi connectivity index (χ2n) is 6.55. The van der Waals surface area contributed by atoms with E-state index in [2.05, 4.69) is 15.2 Å². The Morgan fingerprint density at radius 2 is 2.04 bits per heavy atom. The molecule has 4 rings (SSSR count). The highest BCUT2D eigenvalue weighted by Gasteiger charge is 2.35. The van der Waals surface area contributed by atoms with Gasteiger partial charge in [0.25, 0.3) is 0 Å². The summed E-state index contributed by atoms with van der Waals surface area (Å²) in [6.07, 6.45) is -0.388. The first-order valence-electron chi connectivity index (χ1n) is 8.58.